The number of hydrogen-bond acceptors (Lipinski definition) is 4. The standard InChI is InChI=1S/C21H33N3O2/c1-22(2)20-8-5-18(6-9-20)7-10-21(25)24-11-3-4-19(17-24)16-23-12-14-26-15-13-23/h5-6,8-9,19H,3-4,7,10-17H2,1-2H3/t19-/m0/s1. The van der Waals surface area contributed by atoms with Gasteiger partial charge in [0.25, 0.3) is 0 Å². The lowest BCUT2D eigenvalue weighted by Gasteiger charge is -2.36. The van der Waals surface area contributed by atoms with E-state index in [1.165, 1.54) is 17.7 Å². The van der Waals surface area contributed by atoms with E-state index in [0.717, 1.165) is 58.8 Å². The van der Waals surface area contributed by atoms with Gasteiger partial charge in [0.05, 0.1) is 13.2 Å². The van der Waals surface area contributed by atoms with Crippen molar-refractivity contribution in [2.45, 2.75) is 25.7 Å². The van der Waals surface area contributed by atoms with Gasteiger partial charge < -0.3 is 14.5 Å². The van der Waals surface area contributed by atoms with Gasteiger partial charge in [-0.1, -0.05) is 12.1 Å². The molecule has 0 spiro atoms. The van der Waals surface area contributed by atoms with Crippen LogP contribution in [-0.2, 0) is 16.0 Å². The Labute approximate surface area is 157 Å². The van der Waals surface area contributed by atoms with Crippen molar-refractivity contribution in [1.82, 2.24) is 9.80 Å². The summed E-state index contributed by atoms with van der Waals surface area (Å²) in [6.07, 6.45) is 3.83. The van der Waals surface area contributed by atoms with E-state index in [1.807, 2.05) is 14.1 Å². The van der Waals surface area contributed by atoms with Crippen molar-refractivity contribution < 1.29 is 9.53 Å². The molecule has 0 radical (unpaired) electrons. The number of nitrogens with zero attached hydrogens (tertiary/aromatic N) is 3. The number of carbonyl (C=O) groups excluding carboxylic acids is 1. The number of morpholine rings is 1. The minimum absolute atomic E-state index is 0.313. The number of amides is 1. The van der Waals surface area contributed by atoms with E-state index in [0.29, 0.717) is 18.2 Å². The largest absolute Gasteiger partial charge is 0.379 e. The Morgan fingerprint density at radius 1 is 1.15 bits per heavy atom. The SMILES string of the molecule is CN(C)c1ccc(CCC(=O)N2CCC[C@@H](CN3CCOCC3)C2)cc1. The Kier molecular flexibility index (Phi) is 6.92. The third kappa shape index (κ3) is 5.45. The molecule has 3 rings (SSSR count). The quantitative estimate of drug-likeness (QED) is 0.781. The predicted octanol–water partition coefficient (Wildman–Crippen LogP) is 2.26. The van der Waals surface area contributed by atoms with Gasteiger partial charge in [0.15, 0.2) is 0 Å². The Bertz CT molecular complexity index is 567. The average molecular weight is 360 g/mol. The summed E-state index contributed by atoms with van der Waals surface area (Å²) in [5.74, 6) is 0.929. The summed E-state index contributed by atoms with van der Waals surface area (Å²) in [5, 5.41) is 0. The predicted molar refractivity (Wildman–Crippen MR) is 106 cm³/mol. The van der Waals surface area contributed by atoms with Crippen LogP contribution < -0.4 is 4.90 Å². The topological polar surface area (TPSA) is 36.0 Å². The molecule has 1 atom stereocenters. The van der Waals surface area contributed by atoms with Crippen LogP contribution in [-0.4, -0.2) is 75.7 Å². The summed E-state index contributed by atoms with van der Waals surface area (Å²) in [7, 11) is 4.09. The summed E-state index contributed by atoms with van der Waals surface area (Å²) in [5.41, 5.74) is 2.44. The fraction of sp³-hybridized carbons (Fsp3) is 0.667. The van der Waals surface area contributed by atoms with E-state index in [2.05, 4.69) is 39.0 Å². The number of anilines is 1. The number of rotatable bonds is 6. The molecule has 0 unspecified atom stereocenters. The van der Waals surface area contributed by atoms with Crippen LogP contribution >= 0.6 is 0 Å². The Balaban J connectivity index is 1.44. The highest BCUT2D eigenvalue weighted by Crippen LogP contribution is 2.20. The second kappa shape index (κ2) is 9.38. The Morgan fingerprint density at radius 3 is 2.58 bits per heavy atom. The highest BCUT2D eigenvalue weighted by atomic mass is 16.5. The zero-order valence-electron chi connectivity index (χ0n) is 16.3. The smallest absolute Gasteiger partial charge is 0.222 e. The fourth-order valence-electron chi connectivity index (χ4n) is 3.96. The first-order chi connectivity index (χ1) is 12.6. The normalized spacial score (nSPS) is 21.6. The van der Waals surface area contributed by atoms with Crippen molar-refractivity contribution in [3.05, 3.63) is 29.8 Å². The van der Waals surface area contributed by atoms with Gasteiger partial charge in [-0.05, 0) is 42.9 Å². The second-order valence-electron chi connectivity index (χ2n) is 7.82. The first-order valence-corrected chi connectivity index (χ1v) is 9.96. The molecule has 0 aliphatic carbocycles. The van der Waals surface area contributed by atoms with Gasteiger partial charge in [0, 0.05) is 58.9 Å². The van der Waals surface area contributed by atoms with Crippen molar-refractivity contribution in [2.24, 2.45) is 5.92 Å². The van der Waals surface area contributed by atoms with Gasteiger partial charge >= 0.3 is 0 Å². The first kappa shape index (κ1) is 19.2. The monoisotopic (exact) mass is 359 g/mol. The van der Waals surface area contributed by atoms with Crippen LogP contribution in [0, 0.1) is 5.92 Å². The summed E-state index contributed by atoms with van der Waals surface area (Å²) >= 11 is 0. The molecule has 5 nitrogen and oxygen atoms in total. The molecule has 1 aromatic rings. The highest BCUT2D eigenvalue weighted by molar-refractivity contribution is 5.76. The molecule has 2 heterocycles. The van der Waals surface area contributed by atoms with Gasteiger partial charge in [-0.2, -0.15) is 0 Å². The second-order valence-corrected chi connectivity index (χ2v) is 7.82. The van der Waals surface area contributed by atoms with Crippen LogP contribution in [0.2, 0.25) is 0 Å². The van der Waals surface area contributed by atoms with Gasteiger partial charge in [-0.3, -0.25) is 9.69 Å². The molecule has 0 aromatic heterocycles. The molecule has 0 N–H and O–H groups in total. The van der Waals surface area contributed by atoms with Gasteiger partial charge in [-0.15, -0.1) is 0 Å². The van der Waals surface area contributed by atoms with E-state index in [1.54, 1.807) is 0 Å². The maximum atomic E-state index is 12.7. The van der Waals surface area contributed by atoms with E-state index in [4.69, 9.17) is 4.74 Å². The molecule has 144 valence electrons. The number of benzene rings is 1. The molecule has 1 amide bonds. The van der Waals surface area contributed by atoms with E-state index < -0.39 is 0 Å². The van der Waals surface area contributed by atoms with E-state index in [-0.39, 0.29) is 0 Å². The van der Waals surface area contributed by atoms with Crippen LogP contribution in [0.25, 0.3) is 0 Å². The van der Waals surface area contributed by atoms with Gasteiger partial charge in [0.1, 0.15) is 0 Å². The lowest BCUT2D eigenvalue weighted by Crippen LogP contribution is -2.46. The summed E-state index contributed by atoms with van der Waals surface area (Å²) in [6, 6.07) is 8.53. The summed E-state index contributed by atoms with van der Waals surface area (Å²) in [4.78, 5) is 19.4. The molecule has 0 bridgehead atoms. The number of ether oxygens (including phenoxy) is 1. The highest BCUT2D eigenvalue weighted by Gasteiger charge is 2.25. The molecular formula is C21H33N3O2. The van der Waals surface area contributed by atoms with Gasteiger partial charge in [-0.25, -0.2) is 0 Å². The molecule has 2 aliphatic rings. The minimum atomic E-state index is 0.313. The molecule has 2 fully saturated rings. The van der Waals surface area contributed by atoms with Crippen LogP contribution in [0.15, 0.2) is 24.3 Å². The Hall–Kier alpha value is -1.59. The average Bonchev–Trinajstić information content (AvgIpc) is 2.67. The van der Waals surface area contributed by atoms with E-state index >= 15 is 0 Å². The van der Waals surface area contributed by atoms with E-state index in [9.17, 15) is 4.79 Å². The van der Waals surface area contributed by atoms with Crippen molar-refractivity contribution in [2.75, 3.05) is 64.9 Å². The van der Waals surface area contributed by atoms with Crippen LogP contribution in [0.4, 0.5) is 5.69 Å². The fourth-order valence-corrected chi connectivity index (χ4v) is 3.96. The van der Waals surface area contributed by atoms with Crippen molar-refractivity contribution in [3.63, 3.8) is 0 Å². The molecular weight excluding hydrogens is 326 g/mol. The first-order valence-electron chi connectivity index (χ1n) is 9.96. The third-order valence-electron chi connectivity index (χ3n) is 5.57. The molecule has 26 heavy (non-hydrogen) atoms. The molecule has 2 aliphatic heterocycles. The van der Waals surface area contributed by atoms with Crippen molar-refractivity contribution >= 4 is 11.6 Å². The number of aryl methyl sites for hydroxylation is 1. The number of hydrogen-bond donors (Lipinski definition) is 0. The zero-order chi connectivity index (χ0) is 18.4. The number of likely N-dealkylation sites (tertiary alicyclic amines) is 1. The Morgan fingerprint density at radius 2 is 1.88 bits per heavy atom. The molecule has 5 heteroatoms. The maximum absolute atomic E-state index is 12.7. The lowest BCUT2D eigenvalue weighted by molar-refractivity contribution is -0.133. The number of piperidine rings is 1. The molecule has 0 saturated carbocycles. The van der Waals surface area contributed by atoms with Gasteiger partial charge in [0.2, 0.25) is 5.91 Å². The maximum Gasteiger partial charge on any atom is 0.222 e. The third-order valence-corrected chi connectivity index (χ3v) is 5.57. The van der Waals surface area contributed by atoms with Crippen LogP contribution in [0.1, 0.15) is 24.8 Å². The molecule has 1 aromatic carbocycles. The lowest BCUT2D eigenvalue weighted by atomic mass is 9.96. The number of carbonyl (C=O) groups is 1. The molecule has 2 saturated heterocycles. The van der Waals surface area contributed by atoms with Crippen molar-refractivity contribution in [1.29, 1.82) is 0 Å². The minimum Gasteiger partial charge on any atom is -0.379 e. The van der Waals surface area contributed by atoms with Crippen LogP contribution in [0.3, 0.4) is 0 Å². The van der Waals surface area contributed by atoms with Crippen molar-refractivity contribution in [3.8, 4) is 0 Å². The summed E-state index contributed by atoms with van der Waals surface area (Å²) < 4.78 is 5.43. The zero-order valence-corrected chi connectivity index (χ0v) is 16.3. The van der Waals surface area contributed by atoms with Crippen LogP contribution in [0.5, 0.6) is 0 Å². The summed E-state index contributed by atoms with van der Waals surface area (Å²) in [6.45, 7) is 6.73.